The molecule has 9 nitrogen and oxygen atoms in total. The zero-order chi connectivity index (χ0) is 18.6. The highest BCUT2D eigenvalue weighted by molar-refractivity contribution is 8.18. The predicted octanol–water partition coefficient (Wildman–Crippen LogP) is 1.28. The molecule has 0 aliphatic carbocycles. The van der Waals surface area contributed by atoms with E-state index in [4.69, 9.17) is 19.7 Å². The van der Waals surface area contributed by atoms with E-state index < -0.39 is 36.2 Å². The van der Waals surface area contributed by atoms with Crippen molar-refractivity contribution in [2.45, 2.75) is 0 Å². The van der Waals surface area contributed by atoms with E-state index in [0.29, 0.717) is 22.2 Å². The zero-order valence-corrected chi connectivity index (χ0v) is 13.7. The van der Waals surface area contributed by atoms with Crippen molar-refractivity contribution in [3.63, 3.8) is 0 Å². The van der Waals surface area contributed by atoms with Crippen molar-refractivity contribution >= 4 is 40.9 Å². The Kier molecular flexibility index (Phi) is 5.65. The Morgan fingerprint density at radius 2 is 1.92 bits per heavy atom. The van der Waals surface area contributed by atoms with Crippen LogP contribution in [0, 0.1) is 0 Å². The maximum Gasteiger partial charge on any atom is 0.341 e. The topological polar surface area (TPSA) is 130 Å². The number of carboxylic acids is 2. The molecule has 0 atom stereocenters. The van der Waals surface area contributed by atoms with Gasteiger partial charge in [0.05, 0.1) is 12.0 Å². The van der Waals surface area contributed by atoms with Crippen molar-refractivity contribution in [1.82, 2.24) is 4.90 Å². The molecule has 1 fully saturated rings. The summed E-state index contributed by atoms with van der Waals surface area (Å²) in [5.74, 6) is -2.66. The Balaban J connectivity index is 2.23. The Morgan fingerprint density at radius 3 is 2.52 bits per heavy atom. The van der Waals surface area contributed by atoms with Crippen LogP contribution in [-0.2, 0) is 14.4 Å². The number of amides is 2. The number of carbonyl (C=O) groups excluding carboxylic acids is 2. The fourth-order valence-corrected chi connectivity index (χ4v) is 2.79. The third-order valence-electron chi connectivity index (χ3n) is 3.00. The van der Waals surface area contributed by atoms with Crippen LogP contribution < -0.4 is 9.47 Å². The molecule has 1 aromatic rings. The van der Waals surface area contributed by atoms with Gasteiger partial charge in [-0.15, -0.1) is 0 Å². The van der Waals surface area contributed by atoms with Gasteiger partial charge in [0.1, 0.15) is 6.54 Å². The van der Waals surface area contributed by atoms with Gasteiger partial charge in [-0.25, -0.2) is 4.79 Å². The second-order valence-electron chi connectivity index (χ2n) is 4.75. The lowest BCUT2D eigenvalue weighted by Crippen LogP contribution is -2.33. The Bertz CT molecular complexity index is 773. The predicted molar refractivity (Wildman–Crippen MR) is 86.4 cm³/mol. The molecular formula is C15H13NO8S. The minimum absolute atomic E-state index is 0.0764. The monoisotopic (exact) mass is 367 g/mol. The first-order valence-corrected chi connectivity index (χ1v) is 7.63. The molecule has 0 spiro atoms. The third-order valence-corrected chi connectivity index (χ3v) is 3.91. The van der Waals surface area contributed by atoms with E-state index in [1.165, 1.54) is 25.3 Å². The lowest BCUT2D eigenvalue weighted by atomic mass is 10.2. The van der Waals surface area contributed by atoms with Crippen LogP contribution in [0.1, 0.15) is 5.56 Å². The molecule has 0 radical (unpaired) electrons. The van der Waals surface area contributed by atoms with Crippen LogP contribution in [0.25, 0.3) is 6.08 Å². The number of hydrogen-bond donors (Lipinski definition) is 2. The fraction of sp³-hybridized carbons (Fsp3) is 0.200. The molecule has 1 aliphatic rings. The quantitative estimate of drug-likeness (QED) is 0.684. The van der Waals surface area contributed by atoms with Gasteiger partial charge in [0.25, 0.3) is 11.1 Å². The lowest BCUT2D eigenvalue weighted by Gasteiger charge is -2.10. The summed E-state index contributed by atoms with van der Waals surface area (Å²) in [6.45, 7) is -1.24. The van der Waals surface area contributed by atoms with E-state index in [9.17, 15) is 19.2 Å². The number of hydrogen-bond acceptors (Lipinski definition) is 7. The second kappa shape index (κ2) is 7.71. The fourth-order valence-electron chi connectivity index (χ4n) is 1.96. The average Bonchev–Trinajstić information content (AvgIpc) is 2.80. The summed E-state index contributed by atoms with van der Waals surface area (Å²) < 4.78 is 10.2. The molecule has 2 N–H and O–H groups in total. The largest absolute Gasteiger partial charge is 0.493 e. The summed E-state index contributed by atoms with van der Waals surface area (Å²) in [6.07, 6.45) is 1.41. The van der Waals surface area contributed by atoms with E-state index in [-0.39, 0.29) is 16.4 Å². The number of carbonyl (C=O) groups is 4. The first-order chi connectivity index (χ1) is 11.8. The molecule has 0 saturated carbocycles. The Morgan fingerprint density at radius 1 is 1.20 bits per heavy atom. The third kappa shape index (κ3) is 4.51. The van der Waals surface area contributed by atoms with Crippen molar-refractivity contribution < 1.29 is 38.9 Å². The number of carboxylic acid groups (broad SMARTS) is 2. The van der Waals surface area contributed by atoms with Crippen molar-refractivity contribution in [3.05, 3.63) is 28.7 Å². The smallest absolute Gasteiger partial charge is 0.341 e. The number of imide groups is 1. The molecular weight excluding hydrogens is 354 g/mol. The molecule has 0 unspecified atom stereocenters. The standard InChI is InChI=1S/C15H13NO8S/c1-23-10-4-8(2-3-9(10)24-7-13(19)20)5-11-14(21)16(6-12(17)18)15(22)25-11/h2-5H,6-7H2,1H3,(H,17,18)(H,19,20)/b11-5+. The van der Waals surface area contributed by atoms with Gasteiger partial charge in [-0.2, -0.15) is 0 Å². The summed E-state index contributed by atoms with van der Waals surface area (Å²) in [7, 11) is 1.37. The number of ether oxygens (including phenoxy) is 2. The molecule has 2 rings (SSSR count). The molecule has 1 heterocycles. The van der Waals surface area contributed by atoms with Crippen LogP contribution in [0.3, 0.4) is 0 Å². The normalized spacial score (nSPS) is 15.6. The van der Waals surface area contributed by atoms with Crippen LogP contribution in [0.2, 0.25) is 0 Å². The van der Waals surface area contributed by atoms with Gasteiger partial charge in [-0.3, -0.25) is 19.3 Å². The highest BCUT2D eigenvalue weighted by atomic mass is 32.2. The van der Waals surface area contributed by atoms with Crippen molar-refractivity contribution in [2.24, 2.45) is 0 Å². The molecule has 25 heavy (non-hydrogen) atoms. The minimum atomic E-state index is -1.29. The first kappa shape index (κ1) is 18.3. The van der Waals surface area contributed by atoms with Gasteiger partial charge in [0, 0.05) is 0 Å². The summed E-state index contributed by atoms with van der Waals surface area (Å²) in [6, 6.07) is 4.52. The van der Waals surface area contributed by atoms with Crippen LogP contribution >= 0.6 is 11.8 Å². The van der Waals surface area contributed by atoms with Gasteiger partial charge in [0.2, 0.25) is 0 Å². The van der Waals surface area contributed by atoms with E-state index in [1.807, 2.05) is 0 Å². The maximum atomic E-state index is 12.1. The molecule has 0 bridgehead atoms. The highest BCUT2D eigenvalue weighted by Crippen LogP contribution is 2.34. The molecule has 0 aromatic heterocycles. The molecule has 2 amide bonds. The maximum absolute atomic E-state index is 12.1. The van der Waals surface area contributed by atoms with Crippen LogP contribution in [0.5, 0.6) is 11.5 Å². The number of aliphatic carboxylic acids is 2. The summed E-state index contributed by atoms with van der Waals surface area (Å²) in [5, 5.41) is 16.7. The number of methoxy groups -OCH3 is 1. The lowest BCUT2D eigenvalue weighted by molar-refractivity contribution is -0.140. The molecule has 1 saturated heterocycles. The SMILES string of the molecule is COc1cc(/C=C2/SC(=O)N(CC(=O)O)C2=O)ccc1OCC(=O)O. The molecule has 1 aliphatic heterocycles. The number of rotatable bonds is 7. The van der Waals surface area contributed by atoms with E-state index in [1.54, 1.807) is 6.07 Å². The van der Waals surface area contributed by atoms with Gasteiger partial charge >= 0.3 is 11.9 Å². The summed E-state index contributed by atoms with van der Waals surface area (Å²) >= 11 is 0.636. The van der Waals surface area contributed by atoms with Crippen molar-refractivity contribution in [1.29, 1.82) is 0 Å². The van der Waals surface area contributed by atoms with Gasteiger partial charge in [-0.1, -0.05) is 6.07 Å². The molecule has 1 aromatic carbocycles. The van der Waals surface area contributed by atoms with Crippen LogP contribution in [-0.4, -0.2) is 58.5 Å². The molecule has 132 valence electrons. The van der Waals surface area contributed by atoms with Crippen LogP contribution in [0.15, 0.2) is 23.1 Å². The highest BCUT2D eigenvalue weighted by Gasteiger charge is 2.36. The first-order valence-electron chi connectivity index (χ1n) is 6.81. The Hall–Kier alpha value is -3.01. The second-order valence-corrected chi connectivity index (χ2v) is 5.75. The summed E-state index contributed by atoms with van der Waals surface area (Å²) in [5.41, 5.74) is 0.500. The molecule has 10 heteroatoms. The average molecular weight is 367 g/mol. The van der Waals surface area contributed by atoms with E-state index in [2.05, 4.69) is 0 Å². The van der Waals surface area contributed by atoms with Crippen molar-refractivity contribution in [2.75, 3.05) is 20.3 Å². The zero-order valence-electron chi connectivity index (χ0n) is 12.9. The van der Waals surface area contributed by atoms with Crippen LogP contribution in [0.4, 0.5) is 4.79 Å². The number of benzene rings is 1. The van der Waals surface area contributed by atoms with Crippen molar-refractivity contribution in [3.8, 4) is 11.5 Å². The number of thioether (sulfide) groups is 1. The number of nitrogens with zero attached hydrogens (tertiary/aromatic N) is 1. The van der Waals surface area contributed by atoms with E-state index in [0.717, 1.165) is 0 Å². The van der Waals surface area contributed by atoms with Gasteiger partial charge in [0.15, 0.2) is 18.1 Å². The van der Waals surface area contributed by atoms with E-state index >= 15 is 0 Å². The Labute approximate surface area is 145 Å². The van der Waals surface area contributed by atoms with Gasteiger partial charge in [-0.05, 0) is 35.5 Å². The minimum Gasteiger partial charge on any atom is -0.493 e. The van der Waals surface area contributed by atoms with Gasteiger partial charge < -0.3 is 19.7 Å². The summed E-state index contributed by atoms with van der Waals surface area (Å²) in [4.78, 5) is 45.8.